The third-order valence-corrected chi connectivity index (χ3v) is 4.89. The molecule has 4 rings (SSSR count). The lowest BCUT2D eigenvalue weighted by Gasteiger charge is -2.41. The average molecular weight is 346 g/mol. The van der Waals surface area contributed by atoms with Gasteiger partial charge in [-0.2, -0.15) is 0 Å². The van der Waals surface area contributed by atoms with Crippen LogP contribution in [0, 0.1) is 0 Å². The maximum atomic E-state index is 12.7. The normalized spacial score (nSPS) is 22.9. The smallest absolute Gasteiger partial charge is 0.322 e. The van der Waals surface area contributed by atoms with E-state index in [2.05, 4.69) is 10.6 Å². The number of rotatable bonds is 2. The summed E-state index contributed by atoms with van der Waals surface area (Å²) in [7, 11) is 0. The van der Waals surface area contributed by atoms with E-state index < -0.39 is 0 Å². The maximum Gasteiger partial charge on any atom is 0.322 e. The molecule has 2 saturated heterocycles. The minimum absolute atomic E-state index is 0.0928. The molecule has 0 radical (unpaired) electrons. The molecule has 0 aromatic heterocycles. The fourth-order valence-corrected chi connectivity index (χ4v) is 3.62. The molecule has 8 nitrogen and oxygen atoms in total. The fourth-order valence-electron chi connectivity index (χ4n) is 3.62. The highest BCUT2D eigenvalue weighted by Gasteiger charge is 2.32. The third kappa shape index (κ3) is 3.21. The molecule has 2 fully saturated rings. The van der Waals surface area contributed by atoms with Crippen molar-refractivity contribution in [2.24, 2.45) is 0 Å². The lowest BCUT2D eigenvalue weighted by atomic mass is 10.0. The quantitative estimate of drug-likeness (QED) is 0.829. The van der Waals surface area contributed by atoms with Crippen molar-refractivity contribution in [3.05, 3.63) is 18.2 Å². The van der Waals surface area contributed by atoms with Crippen molar-refractivity contribution >= 4 is 17.6 Å². The van der Waals surface area contributed by atoms with Crippen LogP contribution in [0.15, 0.2) is 18.2 Å². The number of nitrogens with zero attached hydrogens (tertiary/aromatic N) is 2. The van der Waals surface area contributed by atoms with Crippen LogP contribution in [0.2, 0.25) is 0 Å². The molecule has 8 heteroatoms. The molecule has 25 heavy (non-hydrogen) atoms. The number of nitrogens with one attached hydrogen (secondary N) is 2. The second-order valence-electron chi connectivity index (χ2n) is 6.48. The van der Waals surface area contributed by atoms with Crippen molar-refractivity contribution in [1.29, 1.82) is 0 Å². The van der Waals surface area contributed by atoms with E-state index in [1.165, 1.54) is 0 Å². The summed E-state index contributed by atoms with van der Waals surface area (Å²) in [5.41, 5.74) is 0.611. The maximum absolute atomic E-state index is 12.7. The van der Waals surface area contributed by atoms with Gasteiger partial charge in [0, 0.05) is 32.2 Å². The summed E-state index contributed by atoms with van der Waals surface area (Å²) >= 11 is 0. The fraction of sp³-hybridized carbons (Fsp3) is 0.529. The number of fused-ring (bicyclic) bond motifs is 1. The van der Waals surface area contributed by atoms with Crippen molar-refractivity contribution in [2.75, 3.05) is 44.8 Å². The van der Waals surface area contributed by atoms with Gasteiger partial charge in [-0.05, 0) is 25.0 Å². The van der Waals surface area contributed by atoms with E-state index in [0.717, 1.165) is 19.4 Å². The number of carbonyl (C=O) groups is 2. The van der Waals surface area contributed by atoms with Gasteiger partial charge in [-0.3, -0.25) is 4.79 Å². The molecule has 0 saturated carbocycles. The molecule has 2 N–H and O–H groups in total. The van der Waals surface area contributed by atoms with Crippen LogP contribution in [0.4, 0.5) is 10.5 Å². The highest BCUT2D eigenvalue weighted by Crippen LogP contribution is 2.39. The first-order chi connectivity index (χ1) is 12.2. The van der Waals surface area contributed by atoms with Gasteiger partial charge in [0.05, 0.1) is 12.2 Å². The first kappa shape index (κ1) is 16.0. The molecule has 3 amide bonds. The molecule has 1 aromatic rings. The largest absolute Gasteiger partial charge is 0.454 e. The number of urea groups is 1. The molecule has 1 atom stereocenters. The number of hydrogen-bond acceptors (Lipinski definition) is 5. The van der Waals surface area contributed by atoms with Crippen molar-refractivity contribution in [3.8, 4) is 11.5 Å². The Labute approximate surface area is 146 Å². The zero-order chi connectivity index (χ0) is 17.2. The van der Waals surface area contributed by atoms with Crippen molar-refractivity contribution in [1.82, 2.24) is 15.1 Å². The lowest BCUT2D eigenvalue weighted by Crippen LogP contribution is -2.57. The van der Waals surface area contributed by atoms with Crippen LogP contribution in [0.25, 0.3) is 0 Å². The standard InChI is InChI=1S/C17H22N4O4/c22-15-9-18-6-8-21(15)12-3-2-7-20(10-12)17(23)19-13-4-1-5-14-16(13)25-11-24-14/h1,4-5,12,18H,2-3,6-11H2,(H,19,23). The van der Waals surface area contributed by atoms with E-state index >= 15 is 0 Å². The predicted octanol–water partition coefficient (Wildman–Crippen LogP) is 0.843. The Kier molecular flexibility index (Phi) is 4.35. The Morgan fingerprint density at radius 1 is 1.28 bits per heavy atom. The number of ether oxygens (including phenoxy) is 2. The van der Waals surface area contributed by atoms with Crippen molar-refractivity contribution < 1.29 is 19.1 Å². The van der Waals surface area contributed by atoms with Gasteiger partial charge in [0.1, 0.15) is 0 Å². The molecule has 1 aromatic carbocycles. The van der Waals surface area contributed by atoms with Gasteiger partial charge >= 0.3 is 6.03 Å². The summed E-state index contributed by atoms with van der Waals surface area (Å²) < 4.78 is 10.8. The number of amides is 3. The van der Waals surface area contributed by atoms with Gasteiger partial charge in [-0.25, -0.2) is 4.79 Å². The SMILES string of the molecule is O=C(Nc1cccc2c1OCO2)N1CCCC(N2CCNCC2=O)C1. The first-order valence-electron chi connectivity index (χ1n) is 8.67. The van der Waals surface area contributed by atoms with Crippen LogP contribution >= 0.6 is 0 Å². The van der Waals surface area contributed by atoms with Gasteiger partial charge in [-0.15, -0.1) is 0 Å². The topological polar surface area (TPSA) is 83.1 Å². The molecule has 1 unspecified atom stereocenters. The number of piperazine rings is 1. The number of benzene rings is 1. The van der Waals surface area contributed by atoms with Gasteiger partial charge in [0.25, 0.3) is 0 Å². The lowest BCUT2D eigenvalue weighted by molar-refractivity contribution is -0.135. The summed E-state index contributed by atoms with van der Waals surface area (Å²) in [5.74, 6) is 1.33. The minimum atomic E-state index is -0.170. The van der Waals surface area contributed by atoms with E-state index in [4.69, 9.17) is 9.47 Å². The molecule has 0 spiro atoms. The molecule has 0 aliphatic carbocycles. The van der Waals surface area contributed by atoms with E-state index in [0.29, 0.717) is 43.4 Å². The van der Waals surface area contributed by atoms with E-state index in [1.807, 2.05) is 17.0 Å². The van der Waals surface area contributed by atoms with Crippen LogP contribution in [0.1, 0.15) is 12.8 Å². The average Bonchev–Trinajstić information content (AvgIpc) is 3.12. The van der Waals surface area contributed by atoms with Crippen LogP contribution in [-0.4, -0.2) is 67.3 Å². The Balaban J connectivity index is 1.42. The third-order valence-electron chi connectivity index (χ3n) is 4.89. The van der Waals surface area contributed by atoms with Gasteiger partial charge in [0.15, 0.2) is 11.5 Å². The molecule has 3 aliphatic rings. The summed E-state index contributed by atoms with van der Waals surface area (Å²) in [4.78, 5) is 28.5. The number of hydrogen-bond donors (Lipinski definition) is 2. The molecule has 0 bridgehead atoms. The van der Waals surface area contributed by atoms with Crippen LogP contribution in [-0.2, 0) is 4.79 Å². The van der Waals surface area contributed by atoms with Gasteiger partial charge in [-0.1, -0.05) is 6.07 Å². The molecule has 134 valence electrons. The summed E-state index contributed by atoms with van der Waals surface area (Å²) in [6, 6.07) is 5.35. The number of piperidine rings is 1. The van der Waals surface area contributed by atoms with E-state index in [9.17, 15) is 9.59 Å². The van der Waals surface area contributed by atoms with Crippen LogP contribution < -0.4 is 20.1 Å². The summed E-state index contributed by atoms with van der Waals surface area (Å²) in [6.07, 6.45) is 1.83. The second-order valence-corrected chi connectivity index (χ2v) is 6.48. The van der Waals surface area contributed by atoms with Crippen molar-refractivity contribution in [3.63, 3.8) is 0 Å². The zero-order valence-corrected chi connectivity index (χ0v) is 14.0. The molecular formula is C17H22N4O4. The molecule has 3 heterocycles. The Hall–Kier alpha value is -2.48. The molecule has 3 aliphatic heterocycles. The van der Waals surface area contributed by atoms with Crippen LogP contribution in [0.5, 0.6) is 11.5 Å². The number of carbonyl (C=O) groups excluding carboxylic acids is 2. The number of likely N-dealkylation sites (tertiary alicyclic amines) is 1. The second kappa shape index (κ2) is 6.79. The minimum Gasteiger partial charge on any atom is -0.454 e. The Morgan fingerprint density at radius 2 is 2.20 bits per heavy atom. The highest BCUT2D eigenvalue weighted by atomic mass is 16.7. The van der Waals surface area contributed by atoms with Crippen molar-refractivity contribution in [2.45, 2.75) is 18.9 Å². The van der Waals surface area contributed by atoms with Crippen LogP contribution in [0.3, 0.4) is 0 Å². The summed E-state index contributed by atoms with van der Waals surface area (Å²) in [5, 5.41) is 6.00. The highest BCUT2D eigenvalue weighted by molar-refractivity contribution is 5.92. The zero-order valence-electron chi connectivity index (χ0n) is 14.0. The predicted molar refractivity (Wildman–Crippen MR) is 90.8 cm³/mol. The van der Waals surface area contributed by atoms with Gasteiger partial charge in [0.2, 0.25) is 12.7 Å². The molecular weight excluding hydrogens is 324 g/mol. The summed E-state index contributed by atoms with van der Waals surface area (Å²) in [6.45, 7) is 3.31. The first-order valence-corrected chi connectivity index (χ1v) is 8.67. The van der Waals surface area contributed by atoms with E-state index in [1.54, 1.807) is 11.0 Å². The number of anilines is 1. The number of para-hydroxylation sites is 1. The van der Waals surface area contributed by atoms with Gasteiger partial charge < -0.3 is 29.9 Å². The Morgan fingerprint density at radius 3 is 3.08 bits per heavy atom. The van der Waals surface area contributed by atoms with E-state index in [-0.39, 0.29) is 24.8 Å². The Bertz CT molecular complexity index is 681. The monoisotopic (exact) mass is 346 g/mol.